The topological polar surface area (TPSA) is 143 Å². The normalized spacial score (nSPS) is 19.9. The van der Waals surface area contributed by atoms with E-state index in [2.05, 4.69) is 10.4 Å². The molecule has 11 nitrogen and oxygen atoms in total. The van der Waals surface area contributed by atoms with E-state index in [0.29, 0.717) is 60.2 Å². The molecule has 1 heterocycles. The van der Waals surface area contributed by atoms with E-state index in [0.717, 1.165) is 0 Å². The Bertz CT molecular complexity index is 1460. The van der Waals surface area contributed by atoms with Gasteiger partial charge in [-0.15, -0.1) is 0 Å². The summed E-state index contributed by atoms with van der Waals surface area (Å²) in [6, 6.07) is 4.67. The van der Waals surface area contributed by atoms with Crippen LogP contribution < -0.4 is 23.5 Å². The lowest BCUT2D eigenvalue weighted by Gasteiger charge is -2.31. The predicted octanol–water partition coefficient (Wildman–Crippen LogP) is 1.36. The Morgan fingerprint density at radius 3 is 2.35 bits per heavy atom. The Balaban J connectivity index is 0.00000576. The summed E-state index contributed by atoms with van der Waals surface area (Å²) >= 11 is 0. The van der Waals surface area contributed by atoms with Gasteiger partial charge in [-0.25, -0.2) is 13.5 Å². The van der Waals surface area contributed by atoms with E-state index in [1.165, 1.54) is 17.7 Å². The number of primary amides is 1. The SMILES string of the molecule is CC(=O)OC(CC(=O)O[C@H]1CC[C@H](Nc2cc(-n3nc(C(F)F)c4c3CC(C)(C)CC4=O)ccc2C(N)=O)CC1)C[N+](C)(C)C.[Cl-]. The number of hydrogen-bond acceptors (Lipinski definition) is 8. The molecule has 254 valence electrons. The van der Waals surface area contributed by atoms with Crippen LogP contribution in [0.3, 0.4) is 0 Å². The third-order valence-electron chi connectivity index (χ3n) is 8.10. The van der Waals surface area contributed by atoms with Gasteiger partial charge in [-0.1, -0.05) is 13.8 Å². The van der Waals surface area contributed by atoms with Gasteiger partial charge < -0.3 is 37.4 Å². The molecule has 1 aromatic heterocycles. The minimum absolute atomic E-state index is 0. The zero-order valence-electron chi connectivity index (χ0n) is 27.2. The number of alkyl halides is 2. The second-order valence-corrected chi connectivity index (χ2v) is 14.0. The molecule has 0 bridgehead atoms. The van der Waals surface area contributed by atoms with Crippen molar-refractivity contribution >= 4 is 29.3 Å². The molecule has 3 N–H and O–H groups in total. The zero-order valence-corrected chi connectivity index (χ0v) is 28.0. The van der Waals surface area contributed by atoms with Crippen LogP contribution in [0.25, 0.3) is 5.69 Å². The summed E-state index contributed by atoms with van der Waals surface area (Å²) in [5.74, 6) is -1.90. The van der Waals surface area contributed by atoms with Crippen molar-refractivity contribution in [3.8, 4) is 5.69 Å². The maximum Gasteiger partial charge on any atom is 0.310 e. The van der Waals surface area contributed by atoms with E-state index in [1.807, 2.05) is 35.0 Å². The molecule has 46 heavy (non-hydrogen) atoms. The van der Waals surface area contributed by atoms with Gasteiger partial charge in [0.25, 0.3) is 12.3 Å². The number of amides is 1. The number of esters is 2. The van der Waals surface area contributed by atoms with Gasteiger partial charge in [0.2, 0.25) is 0 Å². The maximum atomic E-state index is 13.9. The average molecular weight is 668 g/mol. The van der Waals surface area contributed by atoms with Crippen molar-refractivity contribution in [2.24, 2.45) is 11.1 Å². The van der Waals surface area contributed by atoms with Crippen molar-refractivity contribution in [1.82, 2.24) is 9.78 Å². The molecule has 14 heteroatoms. The Hall–Kier alpha value is -3.58. The van der Waals surface area contributed by atoms with Crippen LogP contribution in [0.15, 0.2) is 18.2 Å². The largest absolute Gasteiger partial charge is 1.00 e. The Morgan fingerprint density at radius 2 is 1.78 bits per heavy atom. The van der Waals surface area contributed by atoms with Crippen LogP contribution in [0.4, 0.5) is 14.5 Å². The molecule has 1 unspecified atom stereocenters. The summed E-state index contributed by atoms with van der Waals surface area (Å²) in [7, 11) is 5.84. The number of fused-ring (bicyclic) bond motifs is 1. The number of nitrogens with one attached hydrogen (secondary N) is 1. The molecule has 2 aliphatic carbocycles. The van der Waals surface area contributed by atoms with Crippen LogP contribution in [-0.2, 0) is 25.5 Å². The van der Waals surface area contributed by atoms with Gasteiger partial charge in [0.05, 0.1) is 50.1 Å². The van der Waals surface area contributed by atoms with Crippen LogP contribution in [-0.4, -0.2) is 83.8 Å². The summed E-state index contributed by atoms with van der Waals surface area (Å²) in [6.07, 6.45) is -0.902. The van der Waals surface area contributed by atoms with Crippen LogP contribution in [0.5, 0.6) is 0 Å². The zero-order chi connectivity index (χ0) is 33.3. The molecule has 2 aromatic rings. The molecule has 2 aliphatic rings. The molecule has 0 radical (unpaired) electrons. The fourth-order valence-electron chi connectivity index (χ4n) is 6.30. The minimum Gasteiger partial charge on any atom is -1.00 e. The minimum atomic E-state index is -2.91. The van der Waals surface area contributed by atoms with Crippen LogP contribution in [0.2, 0.25) is 0 Å². The van der Waals surface area contributed by atoms with Gasteiger partial charge in [-0.2, -0.15) is 5.10 Å². The number of carbonyl (C=O) groups excluding carboxylic acids is 4. The number of carbonyl (C=O) groups is 4. The van der Waals surface area contributed by atoms with E-state index < -0.39 is 41.5 Å². The number of nitrogens with zero attached hydrogens (tertiary/aromatic N) is 3. The monoisotopic (exact) mass is 667 g/mol. The molecule has 0 aliphatic heterocycles. The maximum absolute atomic E-state index is 13.9. The summed E-state index contributed by atoms with van der Waals surface area (Å²) < 4.78 is 40.8. The fourth-order valence-corrected chi connectivity index (χ4v) is 6.30. The molecule has 0 spiro atoms. The smallest absolute Gasteiger partial charge is 0.310 e. The lowest BCUT2D eigenvalue weighted by Crippen LogP contribution is -3.00. The summed E-state index contributed by atoms with van der Waals surface area (Å²) in [6.45, 7) is 5.60. The number of aromatic nitrogens is 2. The molecule has 0 saturated heterocycles. The Kier molecular flexibility index (Phi) is 11.6. The molecule has 1 aromatic carbocycles. The molecule has 4 rings (SSSR count). The van der Waals surface area contributed by atoms with Crippen molar-refractivity contribution in [2.45, 2.75) is 90.4 Å². The van der Waals surface area contributed by atoms with E-state index in [1.54, 1.807) is 12.1 Å². The van der Waals surface area contributed by atoms with E-state index in [-0.39, 0.29) is 54.3 Å². The standard InChI is InChI=1S/C32H43F2N5O6.ClH/c1-18(40)44-22(17-39(4,5)6)14-27(42)45-21-10-7-19(8-11-21)36-24-13-20(9-12-23(24)31(35)43)38-25-15-32(2,3)16-26(41)28(25)29(37-38)30(33)34;/h9,12-13,19,21-22,30H,7-8,10-11,14-17H2,1-6H3,(H2-,35,36,43);1H/t19-,21-,22?;. The van der Waals surface area contributed by atoms with Gasteiger partial charge in [0, 0.05) is 25.1 Å². The first-order valence-electron chi connectivity index (χ1n) is 15.2. The van der Waals surface area contributed by atoms with E-state index >= 15 is 0 Å². The average Bonchev–Trinajstić information content (AvgIpc) is 3.27. The highest BCUT2D eigenvalue weighted by molar-refractivity contribution is 6.00. The van der Waals surface area contributed by atoms with Crippen LogP contribution in [0, 0.1) is 5.41 Å². The summed E-state index contributed by atoms with van der Waals surface area (Å²) in [5.41, 5.74) is 6.18. The van der Waals surface area contributed by atoms with Gasteiger partial charge >= 0.3 is 11.9 Å². The molecule has 1 amide bonds. The van der Waals surface area contributed by atoms with E-state index in [9.17, 15) is 28.0 Å². The Labute approximate surface area is 274 Å². The number of halogens is 3. The van der Waals surface area contributed by atoms with Gasteiger partial charge in [0.15, 0.2) is 11.9 Å². The number of likely N-dealkylation sites (N-methyl/N-ethyl adjacent to an activating group) is 1. The van der Waals surface area contributed by atoms with Gasteiger partial charge in [-0.05, 0) is 55.7 Å². The van der Waals surface area contributed by atoms with Crippen molar-refractivity contribution in [3.63, 3.8) is 0 Å². The van der Waals surface area contributed by atoms with Crippen molar-refractivity contribution in [2.75, 3.05) is 33.0 Å². The second-order valence-electron chi connectivity index (χ2n) is 14.0. The third kappa shape index (κ3) is 9.25. The first-order chi connectivity index (χ1) is 20.9. The first kappa shape index (κ1) is 36.9. The van der Waals surface area contributed by atoms with Crippen molar-refractivity contribution in [1.29, 1.82) is 0 Å². The van der Waals surface area contributed by atoms with Crippen LogP contribution in [0.1, 0.15) is 97.8 Å². The fraction of sp³-hybridized carbons (Fsp3) is 0.594. The van der Waals surface area contributed by atoms with Crippen molar-refractivity contribution in [3.05, 3.63) is 40.7 Å². The number of Topliss-reactive ketones (excluding diaryl/α,β-unsaturated/α-hetero) is 1. The molecule has 1 saturated carbocycles. The molecular weight excluding hydrogens is 624 g/mol. The summed E-state index contributed by atoms with van der Waals surface area (Å²) in [4.78, 5) is 49.4. The molecular formula is C32H44ClF2N5O6. The highest BCUT2D eigenvalue weighted by Crippen LogP contribution is 2.40. The number of quaternary nitrogens is 1. The first-order valence-corrected chi connectivity index (χ1v) is 15.2. The lowest BCUT2D eigenvalue weighted by molar-refractivity contribution is -0.873. The molecule has 1 fully saturated rings. The second kappa shape index (κ2) is 14.5. The van der Waals surface area contributed by atoms with E-state index in [4.69, 9.17) is 15.2 Å². The third-order valence-corrected chi connectivity index (χ3v) is 8.10. The number of rotatable bonds is 11. The lowest BCUT2D eigenvalue weighted by atomic mass is 9.75. The number of ketones is 1. The number of benzene rings is 1. The number of nitrogens with two attached hydrogens (primary N) is 1. The van der Waals surface area contributed by atoms with Gasteiger partial charge in [0.1, 0.15) is 18.3 Å². The van der Waals surface area contributed by atoms with Crippen LogP contribution >= 0.6 is 0 Å². The predicted molar refractivity (Wildman–Crippen MR) is 162 cm³/mol. The quantitative estimate of drug-likeness (QED) is 0.270. The number of ether oxygens (including phenoxy) is 2. The highest BCUT2D eigenvalue weighted by atomic mass is 35.5. The van der Waals surface area contributed by atoms with Gasteiger partial charge in [-0.3, -0.25) is 19.2 Å². The highest BCUT2D eigenvalue weighted by Gasteiger charge is 2.39. The number of hydrogen-bond donors (Lipinski definition) is 2. The summed E-state index contributed by atoms with van der Waals surface area (Å²) in [5, 5.41) is 7.53. The Morgan fingerprint density at radius 1 is 1.13 bits per heavy atom. The van der Waals surface area contributed by atoms with Crippen molar-refractivity contribution < 1.29 is 54.3 Å². The number of anilines is 1. The molecule has 1 atom stereocenters.